The van der Waals surface area contributed by atoms with E-state index in [0.29, 0.717) is 19.6 Å². The van der Waals surface area contributed by atoms with Crippen LogP contribution in [0.3, 0.4) is 0 Å². The number of esters is 2. The Labute approximate surface area is 231 Å². The summed E-state index contributed by atoms with van der Waals surface area (Å²) in [5.74, 6) is 1.56. The van der Waals surface area contributed by atoms with Crippen LogP contribution in [0.4, 0.5) is 0 Å². The van der Waals surface area contributed by atoms with Crippen molar-refractivity contribution in [2.45, 2.75) is 169 Å². The van der Waals surface area contributed by atoms with Crippen LogP contribution in [0.1, 0.15) is 169 Å². The van der Waals surface area contributed by atoms with Gasteiger partial charge in [-0.3, -0.25) is 9.59 Å². The summed E-state index contributed by atoms with van der Waals surface area (Å²) >= 11 is 0. The summed E-state index contributed by atoms with van der Waals surface area (Å²) in [4.78, 5) is 23.9. The predicted octanol–water partition coefficient (Wildman–Crippen LogP) is 10.2. The fourth-order valence-electron chi connectivity index (χ4n) is 4.66. The fourth-order valence-corrected chi connectivity index (χ4v) is 4.66. The summed E-state index contributed by atoms with van der Waals surface area (Å²) in [6.45, 7) is 12.2. The van der Waals surface area contributed by atoms with E-state index in [-0.39, 0.29) is 17.9 Å². The molecule has 0 radical (unpaired) electrons. The van der Waals surface area contributed by atoms with Gasteiger partial charge in [0.05, 0.1) is 19.1 Å². The van der Waals surface area contributed by atoms with Crippen molar-refractivity contribution >= 4 is 11.9 Å². The van der Waals surface area contributed by atoms with Gasteiger partial charge in [-0.2, -0.15) is 0 Å². The van der Waals surface area contributed by atoms with Gasteiger partial charge >= 0.3 is 11.9 Å². The summed E-state index contributed by atoms with van der Waals surface area (Å²) in [6.07, 6.45) is 24.4. The largest absolute Gasteiger partial charge is 0.466 e. The van der Waals surface area contributed by atoms with Gasteiger partial charge in [0.25, 0.3) is 0 Å². The maximum Gasteiger partial charge on any atom is 0.308 e. The molecule has 0 aliphatic rings. The number of unbranched alkanes of at least 4 members (excludes halogenated alkanes) is 14. The maximum absolute atomic E-state index is 12.1. The number of rotatable bonds is 27. The average Bonchev–Trinajstić information content (AvgIpc) is 2.85. The molecule has 0 heterocycles. The van der Waals surface area contributed by atoms with Crippen LogP contribution in [-0.4, -0.2) is 25.2 Å². The molecule has 0 aromatic rings. The molecule has 0 rings (SSSR count). The van der Waals surface area contributed by atoms with E-state index in [1.54, 1.807) is 0 Å². The molecule has 0 saturated carbocycles. The number of carbonyl (C=O) groups excluding carboxylic acids is 2. The van der Waals surface area contributed by atoms with Gasteiger partial charge in [-0.15, -0.1) is 0 Å². The van der Waals surface area contributed by atoms with Gasteiger partial charge in [-0.05, 0) is 37.5 Å². The van der Waals surface area contributed by atoms with Gasteiger partial charge < -0.3 is 9.47 Å². The Morgan fingerprint density at radius 1 is 0.459 bits per heavy atom. The molecular weight excluding hydrogens is 460 g/mol. The summed E-state index contributed by atoms with van der Waals surface area (Å²) in [7, 11) is 0. The third-order valence-electron chi connectivity index (χ3n) is 7.28. The second kappa shape index (κ2) is 26.5. The highest BCUT2D eigenvalue weighted by atomic mass is 16.5. The van der Waals surface area contributed by atoms with E-state index in [9.17, 15) is 9.59 Å². The minimum absolute atomic E-state index is 0.00623. The fraction of sp³-hybridized carbons (Fsp3) is 0.939. The molecule has 0 bridgehead atoms. The van der Waals surface area contributed by atoms with E-state index in [1.807, 2.05) is 6.92 Å². The molecular formula is C33H64O4. The third-order valence-corrected chi connectivity index (χ3v) is 7.28. The molecule has 0 amide bonds. The topological polar surface area (TPSA) is 52.6 Å². The van der Waals surface area contributed by atoms with Crippen LogP contribution in [0.2, 0.25) is 0 Å². The van der Waals surface area contributed by atoms with Crippen LogP contribution in [0.25, 0.3) is 0 Å². The maximum atomic E-state index is 12.1. The summed E-state index contributed by atoms with van der Waals surface area (Å²) < 4.78 is 10.8. The Hall–Kier alpha value is -1.06. The molecule has 4 heteroatoms. The molecule has 1 unspecified atom stereocenters. The molecule has 0 saturated heterocycles. The summed E-state index contributed by atoms with van der Waals surface area (Å²) in [5.41, 5.74) is 0. The Morgan fingerprint density at radius 3 is 1.32 bits per heavy atom. The Bertz CT molecular complexity index is 514. The van der Waals surface area contributed by atoms with Crippen molar-refractivity contribution in [2.75, 3.05) is 13.2 Å². The van der Waals surface area contributed by atoms with Crippen molar-refractivity contribution in [1.29, 1.82) is 0 Å². The van der Waals surface area contributed by atoms with Crippen molar-refractivity contribution in [3.63, 3.8) is 0 Å². The zero-order chi connectivity index (χ0) is 27.6. The number of carbonyl (C=O) groups is 2. The first kappa shape index (κ1) is 35.9. The van der Waals surface area contributed by atoms with E-state index in [0.717, 1.165) is 56.8 Å². The van der Waals surface area contributed by atoms with Crippen molar-refractivity contribution < 1.29 is 19.1 Å². The van der Waals surface area contributed by atoms with Gasteiger partial charge in [0.15, 0.2) is 0 Å². The zero-order valence-corrected chi connectivity index (χ0v) is 25.6. The smallest absolute Gasteiger partial charge is 0.308 e. The second-order valence-electron chi connectivity index (χ2n) is 12.2. The van der Waals surface area contributed by atoms with E-state index in [1.165, 1.54) is 83.5 Å². The molecule has 0 aromatic heterocycles. The molecule has 1 atom stereocenters. The highest BCUT2D eigenvalue weighted by Crippen LogP contribution is 2.16. The second-order valence-corrected chi connectivity index (χ2v) is 12.2. The quantitative estimate of drug-likeness (QED) is 0.0792. The Balaban J connectivity index is 3.33. The van der Waals surface area contributed by atoms with E-state index in [2.05, 4.69) is 27.7 Å². The van der Waals surface area contributed by atoms with Gasteiger partial charge in [-0.25, -0.2) is 0 Å². The standard InChI is InChI=1S/C33H64O4/c1-29(2)23-17-15-21-27-36-32(34)26-20-14-12-10-8-6-7-9-11-13-19-25-31(5)33(35)37-28-22-16-18-24-30(3)4/h29-31H,6-28H2,1-5H3. The molecule has 0 aromatic carbocycles. The number of hydrogen-bond acceptors (Lipinski definition) is 4. The van der Waals surface area contributed by atoms with E-state index >= 15 is 0 Å². The first-order valence-corrected chi connectivity index (χ1v) is 16.1. The molecule has 37 heavy (non-hydrogen) atoms. The summed E-state index contributed by atoms with van der Waals surface area (Å²) in [5, 5.41) is 0. The average molecular weight is 525 g/mol. The predicted molar refractivity (Wildman–Crippen MR) is 158 cm³/mol. The van der Waals surface area contributed by atoms with Crippen molar-refractivity contribution in [3.05, 3.63) is 0 Å². The van der Waals surface area contributed by atoms with Gasteiger partial charge in [0.1, 0.15) is 0 Å². The van der Waals surface area contributed by atoms with Gasteiger partial charge in [-0.1, -0.05) is 137 Å². The van der Waals surface area contributed by atoms with Crippen LogP contribution in [0, 0.1) is 17.8 Å². The van der Waals surface area contributed by atoms with E-state index < -0.39 is 0 Å². The monoisotopic (exact) mass is 524 g/mol. The number of ether oxygens (including phenoxy) is 2. The lowest BCUT2D eigenvalue weighted by Crippen LogP contribution is -2.15. The normalized spacial score (nSPS) is 12.3. The number of hydrogen-bond donors (Lipinski definition) is 0. The van der Waals surface area contributed by atoms with Gasteiger partial charge in [0, 0.05) is 6.42 Å². The Morgan fingerprint density at radius 2 is 0.838 bits per heavy atom. The Kier molecular flexibility index (Phi) is 25.8. The summed E-state index contributed by atoms with van der Waals surface area (Å²) in [6, 6.07) is 0. The van der Waals surface area contributed by atoms with Crippen molar-refractivity contribution in [3.8, 4) is 0 Å². The molecule has 4 nitrogen and oxygen atoms in total. The molecule has 0 aliphatic carbocycles. The molecule has 220 valence electrons. The SMILES string of the molecule is CC(C)CCCCCOC(=O)CCCCCCCCCCCCCC(C)C(=O)OCCCCCC(C)C. The lowest BCUT2D eigenvalue weighted by atomic mass is 10.0. The lowest BCUT2D eigenvalue weighted by molar-refractivity contribution is -0.148. The highest BCUT2D eigenvalue weighted by Gasteiger charge is 2.13. The first-order valence-electron chi connectivity index (χ1n) is 16.1. The van der Waals surface area contributed by atoms with Crippen LogP contribution < -0.4 is 0 Å². The molecule has 0 fully saturated rings. The van der Waals surface area contributed by atoms with Gasteiger partial charge in [0.2, 0.25) is 0 Å². The minimum atomic E-state index is -0.0114. The molecule has 0 spiro atoms. The van der Waals surface area contributed by atoms with Crippen LogP contribution in [0.5, 0.6) is 0 Å². The van der Waals surface area contributed by atoms with E-state index in [4.69, 9.17) is 9.47 Å². The molecule has 0 aliphatic heterocycles. The lowest BCUT2D eigenvalue weighted by Gasteiger charge is -2.11. The third kappa shape index (κ3) is 27.8. The van der Waals surface area contributed by atoms with Crippen molar-refractivity contribution in [2.24, 2.45) is 17.8 Å². The zero-order valence-electron chi connectivity index (χ0n) is 25.6. The highest BCUT2D eigenvalue weighted by molar-refractivity contribution is 5.71. The molecule has 0 N–H and O–H groups in total. The first-order chi connectivity index (χ1) is 17.8. The van der Waals surface area contributed by atoms with Crippen molar-refractivity contribution in [1.82, 2.24) is 0 Å². The van der Waals surface area contributed by atoms with Crippen LogP contribution >= 0.6 is 0 Å². The minimum Gasteiger partial charge on any atom is -0.466 e. The van der Waals surface area contributed by atoms with Crippen LogP contribution in [0.15, 0.2) is 0 Å². The van der Waals surface area contributed by atoms with Crippen LogP contribution in [-0.2, 0) is 19.1 Å².